The van der Waals surface area contributed by atoms with E-state index in [2.05, 4.69) is 5.32 Å². The number of halogens is 1. The molecule has 0 fully saturated rings. The van der Waals surface area contributed by atoms with Gasteiger partial charge in [0.05, 0.1) is 10.1 Å². The fourth-order valence-corrected chi connectivity index (χ4v) is 4.27. The second-order valence-corrected chi connectivity index (χ2v) is 7.63. The van der Waals surface area contributed by atoms with Crippen LogP contribution >= 0.6 is 11.6 Å². The molecule has 0 spiro atoms. The zero-order chi connectivity index (χ0) is 15.5. The zero-order valence-corrected chi connectivity index (χ0v) is 13.5. The third-order valence-corrected chi connectivity index (χ3v) is 5.95. The highest BCUT2D eigenvalue weighted by Gasteiger charge is 2.31. The maximum absolute atomic E-state index is 12.8. The molecule has 0 saturated heterocycles. The van der Waals surface area contributed by atoms with Crippen LogP contribution in [0.2, 0.25) is 5.02 Å². The first-order valence-electron chi connectivity index (χ1n) is 6.68. The average molecular weight is 324 g/mol. The molecule has 3 nitrogen and oxygen atoms in total. The standard InChI is InChI=1S/C16H18ClNO2S/c1-12(16(18-2)13-7-4-3-5-8-13)21(19,20)15-10-6-9-14(17)11-15/h3-12,16,18H,1-2H3. The number of hydrogen-bond donors (Lipinski definition) is 1. The number of hydrogen-bond acceptors (Lipinski definition) is 3. The third-order valence-electron chi connectivity index (χ3n) is 3.55. The summed E-state index contributed by atoms with van der Waals surface area (Å²) in [5.74, 6) is 0. The number of sulfone groups is 1. The smallest absolute Gasteiger partial charge is 0.182 e. The molecule has 2 atom stereocenters. The van der Waals surface area contributed by atoms with Crippen molar-refractivity contribution in [2.45, 2.75) is 23.1 Å². The summed E-state index contributed by atoms with van der Waals surface area (Å²) in [5.41, 5.74) is 0.943. The molecule has 2 unspecified atom stereocenters. The number of rotatable bonds is 5. The van der Waals surface area contributed by atoms with Gasteiger partial charge in [-0.3, -0.25) is 0 Å². The molecule has 0 saturated carbocycles. The van der Waals surface area contributed by atoms with Gasteiger partial charge in [-0.1, -0.05) is 48.0 Å². The molecule has 2 aromatic carbocycles. The minimum absolute atomic E-state index is 0.249. The normalized spacial score (nSPS) is 14.6. The molecule has 21 heavy (non-hydrogen) atoms. The van der Waals surface area contributed by atoms with E-state index in [-0.39, 0.29) is 10.9 Å². The Morgan fingerprint density at radius 1 is 1.05 bits per heavy atom. The first-order chi connectivity index (χ1) is 9.96. The number of nitrogens with one attached hydrogen (secondary N) is 1. The third kappa shape index (κ3) is 3.46. The Hall–Kier alpha value is -1.36. The molecule has 112 valence electrons. The lowest BCUT2D eigenvalue weighted by atomic mass is 10.0. The van der Waals surface area contributed by atoms with E-state index in [1.165, 1.54) is 6.07 Å². The van der Waals surface area contributed by atoms with E-state index in [0.717, 1.165) is 5.56 Å². The molecule has 2 rings (SSSR count). The van der Waals surface area contributed by atoms with Crippen LogP contribution < -0.4 is 5.32 Å². The Labute approximate surface area is 130 Å². The minimum atomic E-state index is -3.47. The highest BCUT2D eigenvalue weighted by molar-refractivity contribution is 7.92. The van der Waals surface area contributed by atoms with E-state index >= 15 is 0 Å². The molecule has 0 heterocycles. The monoisotopic (exact) mass is 323 g/mol. The molecule has 1 N–H and O–H groups in total. The van der Waals surface area contributed by atoms with Crippen LogP contribution in [0.1, 0.15) is 18.5 Å². The van der Waals surface area contributed by atoms with Gasteiger partial charge in [-0.15, -0.1) is 0 Å². The highest BCUT2D eigenvalue weighted by Crippen LogP contribution is 2.27. The summed E-state index contributed by atoms with van der Waals surface area (Å²) in [4.78, 5) is 0.249. The van der Waals surface area contributed by atoms with E-state index in [0.29, 0.717) is 5.02 Å². The Balaban J connectivity index is 2.39. The molecular formula is C16H18ClNO2S. The summed E-state index contributed by atoms with van der Waals surface area (Å²) in [6.07, 6.45) is 0. The summed E-state index contributed by atoms with van der Waals surface area (Å²) in [7, 11) is -1.70. The van der Waals surface area contributed by atoms with Gasteiger partial charge < -0.3 is 5.32 Å². The van der Waals surface area contributed by atoms with Gasteiger partial charge in [-0.25, -0.2) is 8.42 Å². The van der Waals surface area contributed by atoms with Crippen LogP contribution in [-0.4, -0.2) is 20.7 Å². The lowest BCUT2D eigenvalue weighted by Crippen LogP contribution is -2.33. The van der Waals surface area contributed by atoms with Crippen molar-refractivity contribution in [2.75, 3.05) is 7.05 Å². The molecule has 0 bridgehead atoms. The second kappa shape index (κ2) is 6.60. The van der Waals surface area contributed by atoms with Crippen LogP contribution in [0, 0.1) is 0 Å². The van der Waals surface area contributed by atoms with Crippen molar-refractivity contribution >= 4 is 21.4 Å². The van der Waals surface area contributed by atoms with Crippen molar-refractivity contribution < 1.29 is 8.42 Å². The lowest BCUT2D eigenvalue weighted by molar-refractivity contribution is 0.530. The highest BCUT2D eigenvalue weighted by atomic mass is 35.5. The molecule has 0 amide bonds. The van der Waals surface area contributed by atoms with Gasteiger partial charge in [-0.2, -0.15) is 0 Å². The molecule has 0 aliphatic rings. The Morgan fingerprint density at radius 3 is 2.29 bits per heavy atom. The largest absolute Gasteiger partial charge is 0.312 e. The van der Waals surface area contributed by atoms with Crippen LogP contribution in [0.25, 0.3) is 0 Å². The molecule has 0 aliphatic carbocycles. The van der Waals surface area contributed by atoms with Gasteiger partial charge in [0.1, 0.15) is 0 Å². The molecule has 0 aromatic heterocycles. The van der Waals surface area contributed by atoms with Crippen molar-refractivity contribution in [1.29, 1.82) is 0 Å². The summed E-state index contributed by atoms with van der Waals surface area (Å²) < 4.78 is 25.5. The summed E-state index contributed by atoms with van der Waals surface area (Å²) in [6.45, 7) is 1.71. The molecule has 5 heteroatoms. The molecule has 0 radical (unpaired) electrons. The quantitative estimate of drug-likeness (QED) is 0.916. The Morgan fingerprint density at radius 2 is 1.71 bits per heavy atom. The van der Waals surface area contributed by atoms with Gasteiger partial charge in [0, 0.05) is 11.1 Å². The van der Waals surface area contributed by atoms with Crippen LogP contribution in [0.4, 0.5) is 0 Å². The van der Waals surface area contributed by atoms with Gasteiger partial charge in [-0.05, 0) is 37.7 Å². The van der Waals surface area contributed by atoms with E-state index in [9.17, 15) is 8.42 Å². The van der Waals surface area contributed by atoms with Crippen LogP contribution in [0.15, 0.2) is 59.5 Å². The second-order valence-electron chi connectivity index (χ2n) is 4.88. The van der Waals surface area contributed by atoms with Gasteiger partial charge >= 0.3 is 0 Å². The predicted octanol–water partition coefficient (Wildman–Crippen LogP) is 3.46. The van der Waals surface area contributed by atoms with E-state index < -0.39 is 15.1 Å². The topological polar surface area (TPSA) is 46.2 Å². The van der Waals surface area contributed by atoms with Crippen molar-refractivity contribution in [2.24, 2.45) is 0 Å². The maximum Gasteiger partial charge on any atom is 0.182 e. The summed E-state index contributed by atoms with van der Waals surface area (Å²) in [6, 6.07) is 15.7. The van der Waals surface area contributed by atoms with E-state index in [1.54, 1.807) is 32.2 Å². The zero-order valence-electron chi connectivity index (χ0n) is 12.0. The SMILES string of the molecule is CNC(c1ccccc1)C(C)S(=O)(=O)c1cccc(Cl)c1. The maximum atomic E-state index is 12.8. The first-order valence-corrected chi connectivity index (χ1v) is 8.61. The Kier molecular flexibility index (Phi) is 5.04. The summed E-state index contributed by atoms with van der Waals surface area (Å²) >= 11 is 5.91. The van der Waals surface area contributed by atoms with Crippen molar-refractivity contribution in [1.82, 2.24) is 5.32 Å². The molecule has 0 aliphatic heterocycles. The summed E-state index contributed by atoms with van der Waals surface area (Å²) in [5, 5.41) is 2.91. The van der Waals surface area contributed by atoms with Gasteiger partial charge in [0.25, 0.3) is 0 Å². The van der Waals surface area contributed by atoms with E-state index in [1.807, 2.05) is 30.3 Å². The van der Waals surface area contributed by atoms with Crippen LogP contribution in [-0.2, 0) is 9.84 Å². The van der Waals surface area contributed by atoms with Crippen molar-refractivity contribution in [3.8, 4) is 0 Å². The van der Waals surface area contributed by atoms with E-state index in [4.69, 9.17) is 11.6 Å². The first kappa shape index (κ1) is 16.0. The fraction of sp³-hybridized carbons (Fsp3) is 0.250. The lowest BCUT2D eigenvalue weighted by Gasteiger charge is -2.24. The van der Waals surface area contributed by atoms with Crippen LogP contribution in [0.3, 0.4) is 0 Å². The molecule has 2 aromatic rings. The van der Waals surface area contributed by atoms with Gasteiger partial charge in [0.15, 0.2) is 9.84 Å². The van der Waals surface area contributed by atoms with Crippen molar-refractivity contribution in [3.05, 3.63) is 65.2 Å². The van der Waals surface area contributed by atoms with Crippen molar-refractivity contribution in [3.63, 3.8) is 0 Å². The van der Waals surface area contributed by atoms with Gasteiger partial charge in [0.2, 0.25) is 0 Å². The minimum Gasteiger partial charge on any atom is -0.312 e. The Bertz CT molecular complexity index is 701. The molecular weight excluding hydrogens is 306 g/mol. The predicted molar refractivity (Wildman–Crippen MR) is 86.3 cm³/mol. The average Bonchev–Trinajstić information content (AvgIpc) is 2.49. The fourth-order valence-electron chi connectivity index (χ4n) is 2.37. The number of benzene rings is 2. The van der Waals surface area contributed by atoms with Crippen LogP contribution in [0.5, 0.6) is 0 Å².